The number of carbonyl (C=O) groups excluding carboxylic acids is 1. The Kier molecular flexibility index (Phi) is 6.25. The maximum Gasteiger partial charge on any atom is 0.151 e. The van der Waals surface area contributed by atoms with Gasteiger partial charge in [0.15, 0.2) is 6.29 Å². The topological polar surface area (TPSA) is 112 Å². The molecule has 1 aliphatic rings. The number of aromatic nitrogens is 7. The van der Waals surface area contributed by atoms with Crippen LogP contribution in [0, 0.1) is 0 Å². The van der Waals surface area contributed by atoms with Crippen LogP contribution in [-0.4, -0.2) is 64.6 Å². The number of rotatable bonds is 8. The van der Waals surface area contributed by atoms with E-state index in [1.165, 1.54) is 0 Å². The summed E-state index contributed by atoms with van der Waals surface area (Å²) in [5.74, 6) is 0. The minimum absolute atomic E-state index is 0.273. The van der Waals surface area contributed by atoms with Crippen LogP contribution in [0.2, 0.25) is 0 Å². The monoisotopic (exact) mass is 461 g/mol. The molecule has 1 atom stereocenters. The maximum absolute atomic E-state index is 11.0. The van der Waals surface area contributed by atoms with Gasteiger partial charge in [-0.1, -0.05) is 13.8 Å². The molecule has 0 radical (unpaired) electrons. The molecule has 1 fully saturated rings. The van der Waals surface area contributed by atoms with Crippen LogP contribution in [0.15, 0.2) is 43.2 Å². The van der Waals surface area contributed by atoms with Gasteiger partial charge in [0.2, 0.25) is 0 Å². The average Bonchev–Trinajstić information content (AvgIpc) is 3.64. The number of likely N-dealkylation sites (tertiary alicyclic amines) is 1. The van der Waals surface area contributed by atoms with Crippen LogP contribution in [0.4, 0.5) is 0 Å². The third-order valence-electron chi connectivity index (χ3n) is 6.91. The predicted molar refractivity (Wildman–Crippen MR) is 129 cm³/mol. The Morgan fingerprint density at radius 1 is 1.06 bits per heavy atom. The molecule has 1 aliphatic heterocycles. The average molecular weight is 462 g/mol. The van der Waals surface area contributed by atoms with E-state index in [4.69, 9.17) is 10.7 Å². The first kappa shape index (κ1) is 22.4. The van der Waals surface area contributed by atoms with Gasteiger partial charge < -0.3 is 10.5 Å². The molecule has 0 aromatic carbocycles. The number of nitrogens with two attached hydrogens (primary N) is 1. The van der Waals surface area contributed by atoms with E-state index in [1.807, 2.05) is 43.4 Å². The lowest BCUT2D eigenvalue weighted by Crippen LogP contribution is -2.47. The van der Waals surface area contributed by atoms with E-state index in [9.17, 15) is 4.79 Å². The Hall–Kier alpha value is -3.37. The number of piperidine rings is 1. The molecule has 4 aromatic rings. The van der Waals surface area contributed by atoms with Crippen molar-refractivity contribution in [2.75, 3.05) is 13.1 Å². The largest absolute Gasteiger partial charge is 0.310 e. The zero-order valence-corrected chi connectivity index (χ0v) is 19.7. The van der Waals surface area contributed by atoms with Gasteiger partial charge in [0, 0.05) is 36.6 Å². The summed E-state index contributed by atoms with van der Waals surface area (Å²) in [6, 6.07) is 2.63. The van der Waals surface area contributed by atoms with Gasteiger partial charge in [0.25, 0.3) is 0 Å². The number of aldehydes is 1. The molecule has 0 saturated carbocycles. The molecule has 2 N–H and O–H groups in total. The Morgan fingerprint density at radius 3 is 2.56 bits per heavy atom. The molecule has 4 aromatic heterocycles. The molecule has 0 aliphatic carbocycles. The van der Waals surface area contributed by atoms with E-state index in [0.29, 0.717) is 6.04 Å². The highest BCUT2D eigenvalue weighted by Gasteiger charge is 2.24. The third-order valence-corrected chi connectivity index (χ3v) is 6.91. The second kappa shape index (κ2) is 9.47. The van der Waals surface area contributed by atoms with E-state index in [0.717, 1.165) is 73.1 Å². The normalized spacial score (nSPS) is 16.5. The van der Waals surface area contributed by atoms with Crippen LogP contribution in [0.5, 0.6) is 0 Å². The van der Waals surface area contributed by atoms with E-state index in [1.54, 1.807) is 6.20 Å². The lowest BCUT2D eigenvalue weighted by molar-refractivity contribution is -0.112. The van der Waals surface area contributed by atoms with Gasteiger partial charge in [-0.25, -0.2) is 9.50 Å². The fraction of sp³-hybridized carbons (Fsp3) is 0.458. The molecule has 5 rings (SSSR count). The fourth-order valence-electron chi connectivity index (χ4n) is 4.81. The van der Waals surface area contributed by atoms with E-state index in [2.05, 4.69) is 41.5 Å². The quantitative estimate of drug-likeness (QED) is 0.402. The third kappa shape index (κ3) is 4.14. The van der Waals surface area contributed by atoms with Gasteiger partial charge in [-0.2, -0.15) is 15.3 Å². The molecule has 0 spiro atoms. The molecule has 0 amide bonds. The summed E-state index contributed by atoms with van der Waals surface area (Å²) in [5.41, 5.74) is 10.4. The Balaban J connectivity index is 1.43. The standard InChI is InChI=1S/C24H31N9O/c1-3-19(4-2)31-14-18(12-28-31)24-22-5-8-26-33(22)15-21(29-24)17-11-27-32(13-17)20-6-9-30(10-7-20)23(25)16-34/h5,8,11-16,19-20,23H,3-4,6-7,9-10,25H2,1-2H3/t23-/m0/s1. The summed E-state index contributed by atoms with van der Waals surface area (Å²) in [7, 11) is 0. The lowest BCUT2D eigenvalue weighted by Gasteiger charge is -2.33. The minimum Gasteiger partial charge on any atom is -0.310 e. The van der Waals surface area contributed by atoms with Crippen LogP contribution < -0.4 is 5.73 Å². The van der Waals surface area contributed by atoms with Gasteiger partial charge in [0.1, 0.15) is 6.17 Å². The Morgan fingerprint density at radius 2 is 1.82 bits per heavy atom. The summed E-state index contributed by atoms with van der Waals surface area (Å²) in [6.07, 6.45) is 15.8. The number of fused-ring (bicyclic) bond motifs is 1. The van der Waals surface area contributed by atoms with Crippen molar-refractivity contribution in [2.45, 2.75) is 57.8 Å². The molecular weight excluding hydrogens is 430 g/mol. The van der Waals surface area contributed by atoms with Crippen LogP contribution in [0.1, 0.15) is 51.6 Å². The van der Waals surface area contributed by atoms with Crippen molar-refractivity contribution in [3.63, 3.8) is 0 Å². The predicted octanol–water partition coefficient (Wildman–Crippen LogP) is 2.94. The van der Waals surface area contributed by atoms with Crippen LogP contribution in [0.3, 0.4) is 0 Å². The second-order valence-electron chi connectivity index (χ2n) is 8.92. The lowest BCUT2D eigenvalue weighted by atomic mass is 10.0. The van der Waals surface area contributed by atoms with Gasteiger partial charge in [-0.3, -0.25) is 14.3 Å². The molecule has 10 nitrogen and oxygen atoms in total. The molecule has 5 heterocycles. The molecular formula is C24H31N9O. The zero-order valence-electron chi connectivity index (χ0n) is 19.7. The summed E-state index contributed by atoms with van der Waals surface area (Å²) in [6.45, 7) is 5.92. The van der Waals surface area contributed by atoms with Crippen molar-refractivity contribution in [2.24, 2.45) is 5.73 Å². The molecule has 10 heteroatoms. The minimum atomic E-state index is -0.521. The molecule has 0 unspecified atom stereocenters. The van der Waals surface area contributed by atoms with Gasteiger partial charge in [-0.05, 0) is 31.7 Å². The van der Waals surface area contributed by atoms with Crippen molar-refractivity contribution in [1.29, 1.82) is 0 Å². The van der Waals surface area contributed by atoms with Gasteiger partial charge >= 0.3 is 0 Å². The van der Waals surface area contributed by atoms with Crippen LogP contribution >= 0.6 is 0 Å². The van der Waals surface area contributed by atoms with E-state index in [-0.39, 0.29) is 6.04 Å². The summed E-state index contributed by atoms with van der Waals surface area (Å²) >= 11 is 0. The number of hydrogen-bond donors (Lipinski definition) is 1. The van der Waals surface area contributed by atoms with Gasteiger partial charge in [-0.15, -0.1) is 0 Å². The van der Waals surface area contributed by atoms with E-state index >= 15 is 0 Å². The highest BCUT2D eigenvalue weighted by Crippen LogP contribution is 2.29. The maximum atomic E-state index is 11.0. The smallest absolute Gasteiger partial charge is 0.151 e. The van der Waals surface area contributed by atoms with Crippen molar-refractivity contribution in [1.82, 2.24) is 39.1 Å². The first-order chi connectivity index (χ1) is 16.6. The first-order valence-corrected chi connectivity index (χ1v) is 12.0. The zero-order chi connectivity index (χ0) is 23.7. The number of nitrogens with zero attached hydrogens (tertiary/aromatic N) is 8. The SMILES string of the molecule is CCC(CC)n1cc(-c2nc(-c3cnn(C4CCN([C@H](N)C=O)CC4)c3)cn3nccc23)cn1. The van der Waals surface area contributed by atoms with Crippen LogP contribution in [-0.2, 0) is 4.79 Å². The molecule has 178 valence electrons. The number of hydrogen-bond acceptors (Lipinski definition) is 7. The Labute approximate surface area is 198 Å². The van der Waals surface area contributed by atoms with Crippen molar-refractivity contribution in [3.8, 4) is 22.5 Å². The second-order valence-corrected chi connectivity index (χ2v) is 8.92. The highest BCUT2D eigenvalue weighted by molar-refractivity contribution is 5.78. The highest BCUT2D eigenvalue weighted by atomic mass is 16.1. The van der Waals surface area contributed by atoms with Crippen LogP contribution in [0.25, 0.3) is 28.0 Å². The van der Waals surface area contributed by atoms with Crippen molar-refractivity contribution < 1.29 is 4.79 Å². The van der Waals surface area contributed by atoms with Crippen molar-refractivity contribution >= 4 is 11.8 Å². The first-order valence-electron chi connectivity index (χ1n) is 12.0. The molecule has 0 bridgehead atoms. The summed E-state index contributed by atoms with van der Waals surface area (Å²) in [5, 5.41) is 13.7. The summed E-state index contributed by atoms with van der Waals surface area (Å²) < 4.78 is 5.92. The van der Waals surface area contributed by atoms with E-state index < -0.39 is 6.17 Å². The summed E-state index contributed by atoms with van der Waals surface area (Å²) in [4.78, 5) is 18.0. The molecule has 1 saturated heterocycles. The van der Waals surface area contributed by atoms with Crippen molar-refractivity contribution in [3.05, 3.63) is 43.2 Å². The molecule has 34 heavy (non-hydrogen) atoms. The van der Waals surface area contributed by atoms with Gasteiger partial charge in [0.05, 0.1) is 53.8 Å². The fourth-order valence-corrected chi connectivity index (χ4v) is 4.81. The Bertz CT molecular complexity index is 1260. The number of carbonyl (C=O) groups is 1.